The number of sulfone groups is 1. The van der Waals surface area contributed by atoms with Gasteiger partial charge in [-0.25, -0.2) is 13.4 Å². The molecule has 0 unspecified atom stereocenters. The molecule has 8 heteroatoms. The summed E-state index contributed by atoms with van der Waals surface area (Å²) in [6.45, 7) is 2.34. The van der Waals surface area contributed by atoms with Crippen LogP contribution in [0.3, 0.4) is 0 Å². The Kier molecular flexibility index (Phi) is 5.22. The number of carbonyl (C=O) groups excluding carboxylic acids is 1. The number of benzene rings is 1. The van der Waals surface area contributed by atoms with Crippen LogP contribution in [0.5, 0.6) is 0 Å². The first-order chi connectivity index (χ1) is 12.4. The fourth-order valence-corrected chi connectivity index (χ4v) is 5.02. The lowest BCUT2D eigenvalue weighted by Crippen LogP contribution is -2.40. The van der Waals surface area contributed by atoms with E-state index in [-0.39, 0.29) is 23.5 Å². The summed E-state index contributed by atoms with van der Waals surface area (Å²) in [5.41, 5.74) is 1.96. The first-order valence-corrected chi connectivity index (χ1v) is 10.4. The highest BCUT2D eigenvalue weighted by molar-refractivity contribution is 7.91. The molecule has 1 N–H and O–H groups in total. The molecule has 0 bridgehead atoms. The summed E-state index contributed by atoms with van der Waals surface area (Å²) in [4.78, 5) is 23.2. The summed E-state index contributed by atoms with van der Waals surface area (Å²) in [6.07, 6.45) is 3.70. The lowest BCUT2D eigenvalue weighted by Gasteiger charge is -2.27. The van der Waals surface area contributed by atoms with Gasteiger partial charge in [-0.3, -0.25) is 9.78 Å². The van der Waals surface area contributed by atoms with Gasteiger partial charge in [-0.15, -0.1) is 0 Å². The quantitative estimate of drug-likeness (QED) is 0.858. The molecule has 1 amide bonds. The first kappa shape index (κ1) is 18.3. The lowest BCUT2D eigenvalue weighted by molar-refractivity contribution is 0.0708. The number of nitrogens with zero attached hydrogens (tertiary/aromatic N) is 3. The van der Waals surface area contributed by atoms with Crippen molar-refractivity contribution in [1.29, 1.82) is 0 Å². The van der Waals surface area contributed by atoms with Gasteiger partial charge in [0.2, 0.25) is 0 Å². The molecule has 1 atom stereocenters. The molecule has 1 aromatic carbocycles. The smallest absolute Gasteiger partial charge is 0.254 e. The number of hydrogen-bond acceptors (Lipinski definition) is 6. The normalized spacial score (nSPS) is 18.5. The van der Waals surface area contributed by atoms with Gasteiger partial charge in [-0.05, 0) is 25.5 Å². The summed E-state index contributed by atoms with van der Waals surface area (Å²) >= 11 is 0. The predicted molar refractivity (Wildman–Crippen MR) is 101 cm³/mol. The van der Waals surface area contributed by atoms with Crippen LogP contribution in [0.25, 0.3) is 11.3 Å². The number of anilines is 1. The Labute approximate surface area is 153 Å². The van der Waals surface area contributed by atoms with E-state index >= 15 is 0 Å². The monoisotopic (exact) mass is 374 g/mol. The molecule has 1 aliphatic rings. The highest BCUT2D eigenvalue weighted by atomic mass is 32.2. The number of hydrogen-bond donors (Lipinski definition) is 1. The van der Waals surface area contributed by atoms with Crippen LogP contribution in [0, 0.1) is 0 Å². The van der Waals surface area contributed by atoms with Crippen molar-refractivity contribution >= 4 is 21.6 Å². The van der Waals surface area contributed by atoms with Crippen molar-refractivity contribution in [3.8, 4) is 11.3 Å². The Morgan fingerprint density at radius 3 is 2.73 bits per heavy atom. The third kappa shape index (κ3) is 3.70. The summed E-state index contributed by atoms with van der Waals surface area (Å²) in [5, 5.41) is 2.99. The Morgan fingerprint density at radius 1 is 1.31 bits per heavy atom. The van der Waals surface area contributed by atoms with Gasteiger partial charge in [0.1, 0.15) is 5.69 Å². The van der Waals surface area contributed by atoms with Crippen molar-refractivity contribution in [2.45, 2.75) is 19.4 Å². The van der Waals surface area contributed by atoms with Crippen LogP contribution in [-0.4, -0.2) is 60.3 Å². The second kappa shape index (κ2) is 7.41. The van der Waals surface area contributed by atoms with E-state index in [1.165, 1.54) is 0 Å². The average molecular weight is 374 g/mol. The van der Waals surface area contributed by atoms with Crippen molar-refractivity contribution in [2.75, 3.05) is 30.4 Å². The Morgan fingerprint density at radius 2 is 2.08 bits per heavy atom. The third-order valence-electron chi connectivity index (χ3n) is 4.57. The fraction of sp³-hybridized carbons (Fsp3) is 0.389. The largest absolute Gasteiger partial charge is 0.371 e. The molecule has 1 aliphatic heterocycles. The summed E-state index contributed by atoms with van der Waals surface area (Å²) in [7, 11) is -1.28. The molecule has 1 aromatic heterocycles. The molecule has 1 fully saturated rings. The average Bonchev–Trinajstić information content (AvgIpc) is 3.01. The van der Waals surface area contributed by atoms with E-state index in [0.29, 0.717) is 30.0 Å². The lowest BCUT2D eigenvalue weighted by atomic mass is 10.1. The van der Waals surface area contributed by atoms with Crippen molar-refractivity contribution in [3.63, 3.8) is 0 Å². The zero-order chi connectivity index (χ0) is 18.7. The number of amides is 1. The maximum Gasteiger partial charge on any atom is 0.254 e. The van der Waals surface area contributed by atoms with Gasteiger partial charge < -0.3 is 10.2 Å². The minimum Gasteiger partial charge on any atom is -0.371 e. The van der Waals surface area contributed by atoms with Gasteiger partial charge in [-0.1, -0.05) is 12.1 Å². The maximum atomic E-state index is 13.0. The first-order valence-electron chi connectivity index (χ1n) is 8.55. The molecule has 0 aliphatic carbocycles. The summed E-state index contributed by atoms with van der Waals surface area (Å²) in [6, 6.07) is 6.94. The van der Waals surface area contributed by atoms with Crippen LogP contribution in [0.15, 0.2) is 36.7 Å². The van der Waals surface area contributed by atoms with E-state index in [1.807, 2.05) is 13.0 Å². The predicted octanol–water partition coefficient (Wildman–Crippen LogP) is 1.83. The van der Waals surface area contributed by atoms with Crippen LogP contribution in [0.2, 0.25) is 0 Å². The van der Waals surface area contributed by atoms with Crippen molar-refractivity contribution in [3.05, 3.63) is 42.2 Å². The van der Waals surface area contributed by atoms with Gasteiger partial charge >= 0.3 is 0 Å². The summed E-state index contributed by atoms with van der Waals surface area (Å²) < 4.78 is 23.5. The summed E-state index contributed by atoms with van der Waals surface area (Å²) in [5.74, 6) is 0.658. The van der Waals surface area contributed by atoms with Crippen LogP contribution >= 0.6 is 0 Å². The number of nitrogens with one attached hydrogen (secondary N) is 1. The van der Waals surface area contributed by atoms with Gasteiger partial charge in [0.05, 0.1) is 11.5 Å². The van der Waals surface area contributed by atoms with E-state index in [1.54, 1.807) is 42.5 Å². The van der Waals surface area contributed by atoms with Crippen LogP contribution in [0.4, 0.5) is 5.82 Å². The fourth-order valence-electron chi connectivity index (χ4n) is 3.29. The molecule has 3 rings (SSSR count). The zero-order valence-corrected chi connectivity index (χ0v) is 15.7. The van der Waals surface area contributed by atoms with Gasteiger partial charge in [0, 0.05) is 43.2 Å². The van der Waals surface area contributed by atoms with Crippen LogP contribution in [0.1, 0.15) is 23.7 Å². The van der Waals surface area contributed by atoms with E-state index in [9.17, 15) is 13.2 Å². The molecule has 0 spiro atoms. The number of aromatic nitrogens is 2. The standard InChI is InChI=1S/C18H22N4O3S/c1-3-22(15-7-10-26(24,25)12-15)18(23)14-6-4-5-13(11-14)16-17(19-2)21-9-8-20-16/h4-6,8-9,11,15H,3,7,10,12H2,1-2H3,(H,19,21)/t15-/m1/s1. The molecule has 2 aromatic rings. The van der Waals surface area contributed by atoms with Crippen LogP contribution in [-0.2, 0) is 9.84 Å². The van der Waals surface area contributed by atoms with E-state index in [0.717, 1.165) is 5.56 Å². The second-order valence-corrected chi connectivity index (χ2v) is 8.46. The molecule has 2 heterocycles. The highest BCUT2D eigenvalue weighted by Gasteiger charge is 2.34. The van der Waals surface area contributed by atoms with Crippen molar-refractivity contribution < 1.29 is 13.2 Å². The molecule has 0 radical (unpaired) electrons. The molecule has 26 heavy (non-hydrogen) atoms. The Hall–Kier alpha value is -2.48. The molecule has 0 saturated carbocycles. The van der Waals surface area contributed by atoms with Crippen molar-refractivity contribution in [2.24, 2.45) is 0 Å². The molecule has 1 saturated heterocycles. The van der Waals surface area contributed by atoms with Gasteiger partial charge in [0.15, 0.2) is 15.7 Å². The van der Waals surface area contributed by atoms with Crippen molar-refractivity contribution in [1.82, 2.24) is 14.9 Å². The Balaban J connectivity index is 1.90. The third-order valence-corrected chi connectivity index (χ3v) is 6.32. The molecule has 7 nitrogen and oxygen atoms in total. The zero-order valence-electron chi connectivity index (χ0n) is 14.8. The highest BCUT2D eigenvalue weighted by Crippen LogP contribution is 2.25. The maximum absolute atomic E-state index is 13.0. The minimum absolute atomic E-state index is 0.0420. The Bertz CT molecular complexity index is 914. The molecular weight excluding hydrogens is 352 g/mol. The second-order valence-electron chi connectivity index (χ2n) is 6.23. The SMILES string of the molecule is CCN(C(=O)c1cccc(-c2nccnc2NC)c1)[C@@H]1CCS(=O)(=O)C1. The van der Waals surface area contributed by atoms with E-state index in [2.05, 4.69) is 15.3 Å². The van der Waals surface area contributed by atoms with Crippen LogP contribution < -0.4 is 5.32 Å². The van der Waals surface area contributed by atoms with E-state index in [4.69, 9.17) is 0 Å². The van der Waals surface area contributed by atoms with E-state index < -0.39 is 9.84 Å². The topological polar surface area (TPSA) is 92.3 Å². The molecule has 138 valence electrons. The number of rotatable bonds is 5. The minimum atomic E-state index is -3.05. The molecular formula is C18H22N4O3S. The number of carbonyl (C=O) groups is 1. The van der Waals surface area contributed by atoms with Gasteiger partial charge in [0.25, 0.3) is 5.91 Å². The van der Waals surface area contributed by atoms with Gasteiger partial charge in [-0.2, -0.15) is 0 Å².